The fourth-order valence-electron chi connectivity index (χ4n) is 6.78. The number of fused-ring (bicyclic) bond motifs is 6. The Morgan fingerprint density at radius 3 is 2.67 bits per heavy atom. The molecule has 2 fully saturated rings. The van der Waals surface area contributed by atoms with E-state index in [1.807, 2.05) is 24.3 Å². The highest BCUT2D eigenvalue weighted by atomic mass is 16.5. The van der Waals surface area contributed by atoms with Crippen molar-refractivity contribution < 1.29 is 13.9 Å². The van der Waals surface area contributed by atoms with E-state index in [0.717, 1.165) is 54.8 Å². The average Bonchev–Trinajstić information content (AvgIpc) is 3.32. The van der Waals surface area contributed by atoms with Gasteiger partial charge in [-0.1, -0.05) is 6.92 Å². The van der Waals surface area contributed by atoms with E-state index in [1.165, 1.54) is 22.9 Å². The van der Waals surface area contributed by atoms with Gasteiger partial charge in [-0.2, -0.15) is 0 Å². The highest BCUT2D eigenvalue weighted by Gasteiger charge is 2.54. The molecule has 0 bridgehead atoms. The molecule has 0 unspecified atom stereocenters. The molecule has 2 aromatic carbocycles. The summed E-state index contributed by atoms with van der Waals surface area (Å²) in [6.07, 6.45) is 6.40. The van der Waals surface area contributed by atoms with E-state index in [0.29, 0.717) is 23.5 Å². The second-order valence-corrected chi connectivity index (χ2v) is 9.76. The quantitative estimate of drug-likeness (QED) is 0.491. The number of benzene rings is 2. The molecular formula is C27H28O3. The van der Waals surface area contributed by atoms with Crippen molar-refractivity contribution in [1.29, 1.82) is 0 Å². The van der Waals surface area contributed by atoms with Crippen molar-refractivity contribution in [2.24, 2.45) is 17.3 Å². The lowest BCUT2D eigenvalue weighted by atomic mass is 9.55. The van der Waals surface area contributed by atoms with Crippen LogP contribution in [0.25, 0.3) is 22.3 Å². The van der Waals surface area contributed by atoms with Crippen LogP contribution in [0.2, 0.25) is 0 Å². The summed E-state index contributed by atoms with van der Waals surface area (Å²) >= 11 is 0. The summed E-state index contributed by atoms with van der Waals surface area (Å²) in [5, 5.41) is 1.19. The molecule has 3 aliphatic carbocycles. The maximum Gasteiger partial charge on any atom is 0.139 e. The van der Waals surface area contributed by atoms with Gasteiger partial charge in [0.1, 0.15) is 22.9 Å². The Morgan fingerprint density at radius 1 is 1.03 bits per heavy atom. The highest BCUT2D eigenvalue weighted by molar-refractivity contribution is 5.87. The van der Waals surface area contributed by atoms with Crippen LogP contribution >= 0.6 is 0 Å². The van der Waals surface area contributed by atoms with Gasteiger partial charge in [-0.05, 0) is 103 Å². The van der Waals surface area contributed by atoms with E-state index in [2.05, 4.69) is 25.1 Å². The molecule has 3 aromatic rings. The number of methoxy groups -OCH3 is 1. The van der Waals surface area contributed by atoms with Crippen molar-refractivity contribution in [1.82, 2.24) is 0 Å². The Balaban J connectivity index is 1.38. The zero-order chi connectivity index (χ0) is 20.5. The van der Waals surface area contributed by atoms with E-state index in [9.17, 15) is 4.79 Å². The maximum absolute atomic E-state index is 12.6. The molecule has 3 heteroatoms. The Hall–Kier alpha value is -2.55. The van der Waals surface area contributed by atoms with Crippen molar-refractivity contribution in [3.63, 3.8) is 0 Å². The van der Waals surface area contributed by atoms with Gasteiger partial charge in [-0.25, -0.2) is 0 Å². The molecule has 0 radical (unpaired) electrons. The number of Topliss-reactive ketones (excluding diaryl/α,β-unsaturated/α-hetero) is 1. The number of ether oxygens (including phenoxy) is 1. The smallest absolute Gasteiger partial charge is 0.139 e. The van der Waals surface area contributed by atoms with E-state index < -0.39 is 0 Å². The number of hydrogen-bond acceptors (Lipinski definition) is 3. The van der Waals surface area contributed by atoms with Gasteiger partial charge in [0, 0.05) is 22.8 Å². The fraction of sp³-hybridized carbons (Fsp3) is 0.444. The van der Waals surface area contributed by atoms with Crippen molar-refractivity contribution >= 4 is 16.8 Å². The van der Waals surface area contributed by atoms with Crippen LogP contribution in [0.3, 0.4) is 0 Å². The predicted octanol–water partition coefficient (Wildman–Crippen LogP) is 6.53. The van der Waals surface area contributed by atoms with Gasteiger partial charge < -0.3 is 9.15 Å². The third-order valence-electron chi connectivity index (χ3n) is 8.45. The van der Waals surface area contributed by atoms with Gasteiger partial charge in [0.05, 0.1) is 7.11 Å². The Kier molecular flexibility index (Phi) is 3.93. The average molecular weight is 401 g/mol. The molecule has 0 amide bonds. The largest absolute Gasteiger partial charge is 0.497 e. The summed E-state index contributed by atoms with van der Waals surface area (Å²) < 4.78 is 11.5. The number of aryl methyl sites for hydroxylation is 1. The molecule has 3 nitrogen and oxygen atoms in total. The molecule has 1 heterocycles. The fourth-order valence-corrected chi connectivity index (χ4v) is 6.78. The summed E-state index contributed by atoms with van der Waals surface area (Å²) in [6, 6.07) is 14.9. The molecule has 0 N–H and O–H groups in total. The lowest BCUT2D eigenvalue weighted by Crippen LogP contribution is -2.42. The molecule has 6 rings (SSSR count). The van der Waals surface area contributed by atoms with E-state index in [-0.39, 0.29) is 5.41 Å². The minimum Gasteiger partial charge on any atom is -0.497 e. The van der Waals surface area contributed by atoms with Crippen molar-refractivity contribution in [2.45, 2.75) is 51.4 Å². The van der Waals surface area contributed by atoms with Crippen LogP contribution < -0.4 is 4.74 Å². The van der Waals surface area contributed by atoms with Gasteiger partial charge in [0.25, 0.3) is 0 Å². The first-order chi connectivity index (χ1) is 14.6. The molecular weight excluding hydrogens is 372 g/mol. The lowest BCUT2D eigenvalue weighted by Gasteiger charge is -2.48. The van der Waals surface area contributed by atoms with Crippen molar-refractivity contribution in [3.05, 3.63) is 53.6 Å². The molecule has 2 saturated carbocycles. The Bertz CT molecular complexity index is 1140. The van der Waals surface area contributed by atoms with Crippen LogP contribution in [0, 0.1) is 17.3 Å². The third-order valence-corrected chi connectivity index (χ3v) is 8.45. The van der Waals surface area contributed by atoms with Crippen LogP contribution in [0.5, 0.6) is 5.75 Å². The van der Waals surface area contributed by atoms with Crippen molar-refractivity contribution in [2.75, 3.05) is 7.11 Å². The summed E-state index contributed by atoms with van der Waals surface area (Å²) in [5.74, 6) is 4.11. The van der Waals surface area contributed by atoms with Gasteiger partial charge in [-0.3, -0.25) is 4.79 Å². The number of rotatable bonds is 2. The number of carbonyl (C=O) groups excluding carboxylic acids is 1. The molecule has 154 valence electrons. The van der Waals surface area contributed by atoms with Gasteiger partial charge in [0.15, 0.2) is 0 Å². The molecule has 4 atom stereocenters. The van der Waals surface area contributed by atoms with Crippen LogP contribution in [-0.4, -0.2) is 12.9 Å². The zero-order valence-electron chi connectivity index (χ0n) is 17.7. The summed E-state index contributed by atoms with van der Waals surface area (Å²) in [7, 11) is 1.68. The first-order valence-corrected chi connectivity index (χ1v) is 11.3. The number of carbonyl (C=O) groups is 1. The zero-order valence-corrected chi connectivity index (χ0v) is 17.7. The van der Waals surface area contributed by atoms with Crippen LogP contribution in [0.1, 0.15) is 56.1 Å². The molecule has 1 aromatic heterocycles. The monoisotopic (exact) mass is 400 g/mol. The summed E-state index contributed by atoms with van der Waals surface area (Å²) in [5.41, 5.74) is 4.96. The summed E-state index contributed by atoms with van der Waals surface area (Å²) in [4.78, 5) is 12.6. The normalized spacial score (nSPS) is 30.1. The number of ketones is 1. The van der Waals surface area contributed by atoms with E-state index >= 15 is 0 Å². The molecule has 0 saturated heterocycles. The highest BCUT2D eigenvalue weighted by Crippen LogP contribution is 2.59. The van der Waals surface area contributed by atoms with E-state index in [1.54, 1.807) is 7.11 Å². The van der Waals surface area contributed by atoms with Gasteiger partial charge >= 0.3 is 0 Å². The van der Waals surface area contributed by atoms with Crippen LogP contribution in [-0.2, 0) is 11.2 Å². The topological polar surface area (TPSA) is 39.4 Å². The minimum absolute atomic E-state index is 0.0556. The van der Waals surface area contributed by atoms with Crippen molar-refractivity contribution in [3.8, 4) is 17.1 Å². The minimum atomic E-state index is -0.0556. The van der Waals surface area contributed by atoms with Crippen LogP contribution in [0.4, 0.5) is 0 Å². The second kappa shape index (κ2) is 6.47. The molecule has 0 aliphatic heterocycles. The molecule has 0 spiro atoms. The molecule has 3 aliphatic rings. The maximum atomic E-state index is 12.6. The third kappa shape index (κ3) is 2.54. The number of furan rings is 1. The standard InChI is InChI=1S/C27H28O3/c1-27-12-11-20-21(23(27)9-10-26(27)28)8-5-17-14-25-18(13-22(17)20)15-24(30-25)16-3-6-19(29-2)7-4-16/h3-4,6-7,13-15,20-21,23H,5,8-12H2,1-2H3/t20-,21+,23-,27+/m0/s1. The van der Waals surface area contributed by atoms with Crippen LogP contribution in [0.15, 0.2) is 46.9 Å². The number of hydrogen-bond donors (Lipinski definition) is 0. The Morgan fingerprint density at radius 2 is 1.87 bits per heavy atom. The lowest BCUT2D eigenvalue weighted by molar-refractivity contribution is -0.129. The van der Waals surface area contributed by atoms with Gasteiger partial charge in [0.2, 0.25) is 0 Å². The molecule has 30 heavy (non-hydrogen) atoms. The first kappa shape index (κ1) is 18.2. The van der Waals surface area contributed by atoms with E-state index in [4.69, 9.17) is 9.15 Å². The Labute approximate surface area is 177 Å². The first-order valence-electron chi connectivity index (χ1n) is 11.3. The SMILES string of the molecule is COc1ccc(-c2cc3cc4c(cc3o2)CC[C@@H]2[C@@H]4CC[C@@]3(C)C(=O)CC[C@@H]23)cc1. The predicted molar refractivity (Wildman–Crippen MR) is 118 cm³/mol. The van der Waals surface area contributed by atoms with Gasteiger partial charge in [-0.15, -0.1) is 0 Å². The summed E-state index contributed by atoms with van der Waals surface area (Å²) in [6.45, 7) is 2.25. The second-order valence-electron chi connectivity index (χ2n) is 9.76.